The summed E-state index contributed by atoms with van der Waals surface area (Å²) in [6.45, 7) is 0.297. The Morgan fingerprint density at radius 2 is 2.11 bits per heavy atom. The molecule has 1 heterocycles. The summed E-state index contributed by atoms with van der Waals surface area (Å²) in [5.74, 6) is -2.28. The molecule has 7 nitrogen and oxygen atoms in total. The SMILES string of the molecule is NCC(=O)N1CCC[C@H]1C(=O)N[C@@H](CS)C(=O)[O-].[Na+]. The fourth-order valence-electron chi connectivity index (χ4n) is 1.90. The van der Waals surface area contributed by atoms with E-state index in [1.54, 1.807) is 0 Å². The predicted octanol–water partition coefficient (Wildman–Crippen LogP) is -5.90. The Hall–Kier alpha value is -0.280. The van der Waals surface area contributed by atoms with Crippen LogP contribution >= 0.6 is 12.6 Å². The van der Waals surface area contributed by atoms with Gasteiger partial charge >= 0.3 is 29.6 Å². The maximum absolute atomic E-state index is 11.9. The number of carbonyl (C=O) groups excluding carboxylic acids is 3. The van der Waals surface area contributed by atoms with Crippen molar-refractivity contribution in [3.63, 3.8) is 0 Å². The molecule has 2 amide bonds. The van der Waals surface area contributed by atoms with Crippen molar-refractivity contribution in [2.75, 3.05) is 18.8 Å². The van der Waals surface area contributed by atoms with Crippen molar-refractivity contribution in [3.8, 4) is 0 Å². The summed E-state index contributed by atoms with van der Waals surface area (Å²) in [5, 5.41) is 13.0. The monoisotopic (exact) mass is 297 g/mol. The number of nitrogens with zero attached hydrogens (tertiary/aromatic N) is 1. The van der Waals surface area contributed by atoms with Gasteiger partial charge < -0.3 is 25.9 Å². The van der Waals surface area contributed by atoms with E-state index in [2.05, 4.69) is 17.9 Å². The summed E-state index contributed by atoms with van der Waals surface area (Å²) in [4.78, 5) is 35.4. The van der Waals surface area contributed by atoms with E-state index in [0.717, 1.165) is 0 Å². The van der Waals surface area contributed by atoms with Crippen LogP contribution in [-0.2, 0) is 14.4 Å². The van der Waals surface area contributed by atoms with Gasteiger partial charge in [0.25, 0.3) is 0 Å². The van der Waals surface area contributed by atoms with Crippen molar-refractivity contribution >= 4 is 30.4 Å². The van der Waals surface area contributed by atoms with Gasteiger partial charge in [-0.3, -0.25) is 9.59 Å². The van der Waals surface area contributed by atoms with Crippen LogP contribution in [0.5, 0.6) is 0 Å². The molecule has 9 heteroatoms. The van der Waals surface area contributed by atoms with E-state index >= 15 is 0 Å². The first-order valence-corrected chi connectivity index (χ1v) is 6.26. The first kappa shape index (κ1) is 18.7. The number of rotatable bonds is 5. The number of hydrogen-bond donors (Lipinski definition) is 3. The molecule has 0 unspecified atom stereocenters. The number of thiol groups is 1. The molecule has 0 saturated carbocycles. The van der Waals surface area contributed by atoms with Crippen LogP contribution in [0.15, 0.2) is 0 Å². The first-order chi connectivity index (χ1) is 8.51. The zero-order chi connectivity index (χ0) is 13.7. The number of hydrogen-bond acceptors (Lipinski definition) is 6. The third-order valence-corrected chi connectivity index (χ3v) is 3.20. The van der Waals surface area contributed by atoms with Crippen molar-refractivity contribution in [1.82, 2.24) is 10.2 Å². The summed E-state index contributed by atoms with van der Waals surface area (Å²) in [6, 6.07) is -1.81. The molecule has 0 aromatic heterocycles. The second-order valence-electron chi connectivity index (χ2n) is 4.01. The Balaban J connectivity index is 0.00000324. The van der Waals surface area contributed by atoms with Gasteiger partial charge in [0.15, 0.2) is 0 Å². The van der Waals surface area contributed by atoms with Gasteiger partial charge in [-0.05, 0) is 12.8 Å². The van der Waals surface area contributed by atoms with Crippen LogP contribution in [0.2, 0.25) is 0 Å². The van der Waals surface area contributed by atoms with Crippen molar-refractivity contribution in [3.05, 3.63) is 0 Å². The molecule has 1 saturated heterocycles. The van der Waals surface area contributed by atoms with Gasteiger partial charge in [0.1, 0.15) is 6.04 Å². The molecular weight excluding hydrogens is 281 g/mol. The molecule has 2 atom stereocenters. The van der Waals surface area contributed by atoms with Crippen molar-refractivity contribution in [2.24, 2.45) is 5.73 Å². The number of aliphatic carboxylic acids is 1. The standard InChI is InChI=1S/C10H17N3O4S.Na/c11-4-8(14)13-3-1-2-7(13)9(15)12-6(5-18)10(16)17;/h6-7,18H,1-5,11H2,(H,12,15)(H,16,17);/q;+1/p-1/t6-,7-;/m0./s1. The zero-order valence-electron chi connectivity index (χ0n) is 10.8. The third-order valence-electron chi connectivity index (χ3n) is 2.83. The van der Waals surface area contributed by atoms with Gasteiger partial charge in [-0.2, -0.15) is 12.6 Å². The molecule has 0 spiro atoms. The molecule has 3 N–H and O–H groups in total. The van der Waals surface area contributed by atoms with Gasteiger partial charge in [0, 0.05) is 12.3 Å². The van der Waals surface area contributed by atoms with Gasteiger partial charge in [-0.15, -0.1) is 0 Å². The fourth-order valence-corrected chi connectivity index (χ4v) is 2.14. The normalized spacial score (nSPS) is 19.5. The minimum Gasteiger partial charge on any atom is -0.548 e. The Morgan fingerprint density at radius 1 is 1.47 bits per heavy atom. The molecule has 1 aliphatic rings. The fraction of sp³-hybridized carbons (Fsp3) is 0.700. The largest absolute Gasteiger partial charge is 1.00 e. The van der Waals surface area contributed by atoms with Gasteiger partial charge in [0.05, 0.1) is 18.6 Å². The number of nitrogens with two attached hydrogens (primary N) is 1. The van der Waals surface area contributed by atoms with Gasteiger partial charge in [-0.1, -0.05) is 0 Å². The average Bonchev–Trinajstić information content (AvgIpc) is 2.83. The molecule has 1 aliphatic heterocycles. The van der Waals surface area contributed by atoms with Crippen LogP contribution in [0.25, 0.3) is 0 Å². The molecule has 0 aromatic carbocycles. The summed E-state index contributed by atoms with van der Waals surface area (Å²) in [5.41, 5.74) is 5.25. The number of carboxylic acids is 1. The topological polar surface area (TPSA) is 116 Å². The molecule has 0 aliphatic carbocycles. The van der Waals surface area contributed by atoms with E-state index in [9.17, 15) is 19.5 Å². The first-order valence-electron chi connectivity index (χ1n) is 5.63. The van der Waals surface area contributed by atoms with Crippen LogP contribution in [0, 0.1) is 0 Å². The summed E-state index contributed by atoms with van der Waals surface area (Å²) in [7, 11) is 0. The average molecular weight is 297 g/mol. The number of nitrogens with one attached hydrogen (secondary N) is 1. The minimum absolute atomic E-state index is 0. The van der Waals surface area contributed by atoms with Gasteiger partial charge in [-0.25, -0.2) is 0 Å². The second kappa shape index (κ2) is 8.80. The van der Waals surface area contributed by atoms with Gasteiger partial charge in [0.2, 0.25) is 11.8 Å². The number of likely N-dealkylation sites (tertiary alicyclic amines) is 1. The van der Waals surface area contributed by atoms with Crippen molar-refractivity contribution in [2.45, 2.75) is 24.9 Å². The number of carboxylic acid groups (broad SMARTS) is 1. The van der Waals surface area contributed by atoms with Crippen LogP contribution in [0.4, 0.5) is 0 Å². The second-order valence-corrected chi connectivity index (χ2v) is 4.38. The van der Waals surface area contributed by atoms with Crippen molar-refractivity contribution < 1.29 is 49.0 Å². The van der Waals surface area contributed by atoms with E-state index in [4.69, 9.17) is 5.73 Å². The Kier molecular flexibility index (Phi) is 8.67. The molecule has 1 rings (SSSR count). The van der Waals surface area contributed by atoms with Crippen molar-refractivity contribution in [1.29, 1.82) is 0 Å². The third kappa shape index (κ3) is 4.96. The summed E-state index contributed by atoms with van der Waals surface area (Å²) in [6.07, 6.45) is 1.20. The summed E-state index contributed by atoms with van der Waals surface area (Å²) < 4.78 is 0. The Morgan fingerprint density at radius 3 is 2.58 bits per heavy atom. The molecule has 0 aromatic rings. The summed E-state index contributed by atoms with van der Waals surface area (Å²) >= 11 is 3.82. The van der Waals surface area contributed by atoms with Crippen LogP contribution < -0.4 is 45.7 Å². The Bertz CT molecular complexity index is 356. The molecule has 0 radical (unpaired) electrons. The molecule has 102 valence electrons. The van der Waals surface area contributed by atoms with Crippen LogP contribution in [-0.4, -0.2) is 53.6 Å². The van der Waals surface area contributed by atoms with E-state index in [0.29, 0.717) is 19.4 Å². The van der Waals surface area contributed by atoms with Crippen LogP contribution in [0.1, 0.15) is 12.8 Å². The maximum Gasteiger partial charge on any atom is 1.00 e. The zero-order valence-corrected chi connectivity index (χ0v) is 13.7. The quantitative estimate of drug-likeness (QED) is 0.345. The number of amides is 2. The van der Waals surface area contributed by atoms with E-state index in [-0.39, 0.29) is 47.8 Å². The molecule has 19 heavy (non-hydrogen) atoms. The molecule has 0 bridgehead atoms. The molecular formula is C10H16N3NaO4S. The minimum atomic E-state index is -1.40. The van der Waals surface area contributed by atoms with E-state index in [1.165, 1.54) is 4.90 Å². The molecule has 1 fully saturated rings. The van der Waals surface area contributed by atoms with E-state index in [1.807, 2.05) is 0 Å². The Labute approximate surface area is 139 Å². The number of carbonyl (C=O) groups is 3. The van der Waals surface area contributed by atoms with E-state index < -0.39 is 24.0 Å². The van der Waals surface area contributed by atoms with Crippen LogP contribution in [0.3, 0.4) is 0 Å². The smallest absolute Gasteiger partial charge is 0.548 e. The maximum atomic E-state index is 11.9. The predicted molar refractivity (Wildman–Crippen MR) is 64.6 cm³/mol.